The first-order valence-corrected chi connectivity index (χ1v) is 6.41. The highest BCUT2D eigenvalue weighted by Gasteiger charge is 2.22. The van der Waals surface area contributed by atoms with Crippen molar-refractivity contribution in [3.63, 3.8) is 0 Å². The van der Waals surface area contributed by atoms with Crippen LogP contribution >= 0.6 is 0 Å². The van der Waals surface area contributed by atoms with Crippen molar-refractivity contribution >= 4 is 6.03 Å². The summed E-state index contributed by atoms with van der Waals surface area (Å²) in [6.45, 7) is 9.77. The summed E-state index contributed by atoms with van der Waals surface area (Å²) in [5, 5.41) is 0. The third-order valence-corrected chi connectivity index (χ3v) is 3.03. The van der Waals surface area contributed by atoms with Crippen LogP contribution in [0.15, 0.2) is 0 Å². The van der Waals surface area contributed by atoms with Gasteiger partial charge in [-0.25, -0.2) is 4.79 Å². The molecule has 1 fully saturated rings. The zero-order valence-corrected chi connectivity index (χ0v) is 10.9. The number of nitrogens with zero attached hydrogens (tertiary/aromatic N) is 3. The number of piperazine rings is 1. The van der Waals surface area contributed by atoms with E-state index in [0.717, 1.165) is 52.1 Å². The molecule has 1 aliphatic heterocycles. The number of likely N-dealkylation sites (N-methyl/N-ethyl adjacent to an activating group) is 1. The lowest BCUT2D eigenvalue weighted by molar-refractivity contribution is 0.122. The first kappa shape index (κ1) is 13.3. The summed E-state index contributed by atoms with van der Waals surface area (Å²) in [5.41, 5.74) is 0. The van der Waals surface area contributed by atoms with Crippen molar-refractivity contribution in [1.82, 2.24) is 14.7 Å². The predicted molar refractivity (Wildman–Crippen MR) is 66.6 cm³/mol. The van der Waals surface area contributed by atoms with Crippen LogP contribution in [0.25, 0.3) is 0 Å². The molecule has 0 aromatic rings. The average molecular weight is 227 g/mol. The van der Waals surface area contributed by atoms with Crippen molar-refractivity contribution in [2.75, 3.05) is 46.3 Å². The molecule has 0 unspecified atom stereocenters. The fourth-order valence-corrected chi connectivity index (χ4v) is 2.04. The first-order chi connectivity index (χ1) is 7.69. The van der Waals surface area contributed by atoms with Crippen LogP contribution in [0, 0.1) is 0 Å². The van der Waals surface area contributed by atoms with Gasteiger partial charge in [0.25, 0.3) is 0 Å². The molecule has 0 radical (unpaired) electrons. The van der Waals surface area contributed by atoms with E-state index in [9.17, 15) is 4.79 Å². The van der Waals surface area contributed by atoms with Crippen LogP contribution in [-0.4, -0.2) is 67.0 Å². The molecule has 1 aliphatic rings. The molecule has 4 nitrogen and oxygen atoms in total. The Hall–Kier alpha value is -0.770. The molecule has 0 spiro atoms. The Kier molecular flexibility index (Phi) is 5.60. The lowest BCUT2D eigenvalue weighted by Gasteiger charge is -2.36. The topological polar surface area (TPSA) is 26.8 Å². The lowest BCUT2D eigenvalue weighted by atomic mass is 10.3. The minimum Gasteiger partial charge on any atom is -0.325 e. The van der Waals surface area contributed by atoms with Gasteiger partial charge in [-0.15, -0.1) is 0 Å². The van der Waals surface area contributed by atoms with Crippen LogP contribution in [0.1, 0.15) is 26.7 Å². The molecule has 16 heavy (non-hydrogen) atoms. The minimum atomic E-state index is 0.233. The Morgan fingerprint density at radius 3 is 2.00 bits per heavy atom. The highest BCUT2D eigenvalue weighted by molar-refractivity contribution is 5.74. The van der Waals surface area contributed by atoms with Gasteiger partial charge in [0.2, 0.25) is 0 Å². The Bertz CT molecular complexity index is 206. The third kappa shape index (κ3) is 3.67. The molecular formula is C12H25N3O. The fraction of sp³-hybridized carbons (Fsp3) is 0.917. The minimum absolute atomic E-state index is 0.233. The molecule has 0 N–H and O–H groups in total. The second-order valence-electron chi connectivity index (χ2n) is 4.56. The van der Waals surface area contributed by atoms with Gasteiger partial charge in [-0.05, 0) is 19.9 Å². The molecule has 0 saturated carbocycles. The van der Waals surface area contributed by atoms with E-state index in [4.69, 9.17) is 0 Å². The Labute approximate surface area is 99.2 Å². The fourth-order valence-electron chi connectivity index (χ4n) is 2.04. The monoisotopic (exact) mass is 227 g/mol. The van der Waals surface area contributed by atoms with Gasteiger partial charge >= 0.3 is 6.03 Å². The number of hydrogen-bond acceptors (Lipinski definition) is 2. The van der Waals surface area contributed by atoms with Gasteiger partial charge in [-0.3, -0.25) is 0 Å². The number of rotatable bonds is 4. The summed E-state index contributed by atoms with van der Waals surface area (Å²) in [5.74, 6) is 0. The van der Waals surface area contributed by atoms with Crippen LogP contribution in [-0.2, 0) is 0 Å². The van der Waals surface area contributed by atoms with Gasteiger partial charge in [0.15, 0.2) is 0 Å². The van der Waals surface area contributed by atoms with Crippen LogP contribution in [0.5, 0.6) is 0 Å². The summed E-state index contributed by atoms with van der Waals surface area (Å²) in [6, 6.07) is 0.233. The Morgan fingerprint density at radius 2 is 1.56 bits per heavy atom. The van der Waals surface area contributed by atoms with E-state index in [2.05, 4.69) is 25.8 Å². The van der Waals surface area contributed by atoms with Crippen molar-refractivity contribution in [2.24, 2.45) is 0 Å². The summed E-state index contributed by atoms with van der Waals surface area (Å²) in [6.07, 6.45) is 2.08. The van der Waals surface area contributed by atoms with E-state index < -0.39 is 0 Å². The zero-order chi connectivity index (χ0) is 12.0. The molecule has 1 rings (SSSR count). The summed E-state index contributed by atoms with van der Waals surface area (Å²) < 4.78 is 0. The van der Waals surface area contributed by atoms with E-state index in [1.807, 2.05) is 9.80 Å². The zero-order valence-electron chi connectivity index (χ0n) is 10.9. The third-order valence-electron chi connectivity index (χ3n) is 3.03. The Balaban J connectivity index is 2.46. The van der Waals surface area contributed by atoms with E-state index >= 15 is 0 Å². The van der Waals surface area contributed by atoms with Crippen LogP contribution in [0.4, 0.5) is 4.79 Å². The van der Waals surface area contributed by atoms with E-state index in [1.54, 1.807) is 0 Å². The molecular weight excluding hydrogens is 202 g/mol. The van der Waals surface area contributed by atoms with E-state index in [-0.39, 0.29) is 6.03 Å². The molecule has 1 saturated heterocycles. The Morgan fingerprint density at radius 1 is 1.06 bits per heavy atom. The lowest BCUT2D eigenvalue weighted by Crippen LogP contribution is -2.52. The highest BCUT2D eigenvalue weighted by atomic mass is 16.2. The predicted octanol–water partition coefficient (Wildman–Crippen LogP) is 1.48. The summed E-state index contributed by atoms with van der Waals surface area (Å²) in [7, 11) is 2.11. The largest absolute Gasteiger partial charge is 0.325 e. The maximum Gasteiger partial charge on any atom is 0.320 e. The average Bonchev–Trinajstić information content (AvgIpc) is 2.29. The number of carbonyl (C=O) groups excluding carboxylic acids is 1. The van der Waals surface area contributed by atoms with Gasteiger partial charge in [0.1, 0.15) is 0 Å². The molecule has 0 bridgehead atoms. The second kappa shape index (κ2) is 6.74. The number of hydrogen-bond donors (Lipinski definition) is 0. The van der Waals surface area contributed by atoms with Crippen molar-refractivity contribution in [1.29, 1.82) is 0 Å². The number of carbonyl (C=O) groups is 1. The number of urea groups is 1. The normalized spacial score (nSPS) is 17.6. The molecule has 0 atom stereocenters. The van der Waals surface area contributed by atoms with Gasteiger partial charge in [0, 0.05) is 39.3 Å². The van der Waals surface area contributed by atoms with Gasteiger partial charge in [-0.2, -0.15) is 0 Å². The van der Waals surface area contributed by atoms with Gasteiger partial charge in [-0.1, -0.05) is 13.8 Å². The highest BCUT2D eigenvalue weighted by Crippen LogP contribution is 2.06. The standard InChI is InChI=1S/C12H25N3O/c1-4-6-14(7-5-2)12(16)15-10-8-13(3)9-11-15/h4-11H2,1-3H3. The quantitative estimate of drug-likeness (QED) is 0.727. The molecule has 0 aliphatic carbocycles. The molecule has 94 valence electrons. The second-order valence-corrected chi connectivity index (χ2v) is 4.56. The maximum absolute atomic E-state index is 12.2. The van der Waals surface area contributed by atoms with Crippen molar-refractivity contribution in [3.8, 4) is 0 Å². The van der Waals surface area contributed by atoms with Gasteiger partial charge < -0.3 is 14.7 Å². The van der Waals surface area contributed by atoms with Crippen molar-refractivity contribution in [3.05, 3.63) is 0 Å². The van der Waals surface area contributed by atoms with Crippen LogP contribution in [0.2, 0.25) is 0 Å². The molecule has 0 aromatic carbocycles. The van der Waals surface area contributed by atoms with Crippen molar-refractivity contribution in [2.45, 2.75) is 26.7 Å². The molecule has 2 amide bonds. The molecule has 0 aromatic heterocycles. The molecule has 4 heteroatoms. The maximum atomic E-state index is 12.2. The first-order valence-electron chi connectivity index (χ1n) is 6.41. The summed E-state index contributed by atoms with van der Waals surface area (Å²) in [4.78, 5) is 18.5. The van der Waals surface area contributed by atoms with Crippen LogP contribution in [0.3, 0.4) is 0 Å². The van der Waals surface area contributed by atoms with Crippen molar-refractivity contribution < 1.29 is 4.79 Å². The van der Waals surface area contributed by atoms with Crippen LogP contribution < -0.4 is 0 Å². The van der Waals surface area contributed by atoms with E-state index in [0.29, 0.717) is 0 Å². The smallest absolute Gasteiger partial charge is 0.320 e. The summed E-state index contributed by atoms with van der Waals surface area (Å²) >= 11 is 0. The number of amides is 2. The molecule has 1 heterocycles. The SMILES string of the molecule is CCCN(CCC)C(=O)N1CCN(C)CC1. The van der Waals surface area contributed by atoms with E-state index in [1.165, 1.54) is 0 Å². The van der Waals surface area contributed by atoms with Gasteiger partial charge in [0.05, 0.1) is 0 Å².